The van der Waals surface area contributed by atoms with E-state index in [9.17, 15) is 4.79 Å². The Morgan fingerprint density at radius 2 is 1.96 bits per heavy atom. The zero-order valence-corrected chi connectivity index (χ0v) is 14.8. The number of nitrogens with zero attached hydrogens (tertiary/aromatic N) is 4. The number of methoxy groups -OCH3 is 1. The predicted octanol–water partition coefficient (Wildman–Crippen LogP) is 2.34. The molecule has 0 bridgehead atoms. The van der Waals surface area contributed by atoms with Gasteiger partial charge in [0.05, 0.1) is 18.5 Å². The van der Waals surface area contributed by atoms with Crippen LogP contribution in [0.15, 0.2) is 30.9 Å². The van der Waals surface area contributed by atoms with E-state index in [0.717, 1.165) is 25.3 Å². The molecule has 1 aliphatic rings. The van der Waals surface area contributed by atoms with E-state index in [1.54, 1.807) is 24.3 Å². The van der Waals surface area contributed by atoms with Gasteiger partial charge in [0, 0.05) is 12.5 Å². The molecule has 0 saturated carbocycles. The van der Waals surface area contributed by atoms with Gasteiger partial charge < -0.3 is 15.0 Å². The molecule has 2 aromatic rings. The number of carbonyl (C=O) groups is 1. The number of piperidine rings is 1. The van der Waals surface area contributed by atoms with Crippen molar-refractivity contribution < 1.29 is 9.53 Å². The number of hydrogen-bond acceptors (Lipinski definition) is 5. The van der Waals surface area contributed by atoms with Crippen molar-refractivity contribution in [3.05, 3.63) is 30.9 Å². The first-order chi connectivity index (χ1) is 12.2. The monoisotopic (exact) mass is 343 g/mol. The molecule has 1 fully saturated rings. The Hall–Kier alpha value is -2.41. The molecule has 7 heteroatoms. The maximum absolute atomic E-state index is 12.6. The van der Waals surface area contributed by atoms with Crippen LogP contribution in [0.2, 0.25) is 0 Å². The van der Waals surface area contributed by atoms with E-state index in [2.05, 4.69) is 20.4 Å². The molecule has 0 spiro atoms. The number of likely N-dealkylation sites (tertiary alicyclic amines) is 1. The van der Waals surface area contributed by atoms with Crippen molar-refractivity contribution in [1.29, 1.82) is 0 Å². The zero-order chi connectivity index (χ0) is 17.6. The molecule has 1 aromatic heterocycles. The van der Waals surface area contributed by atoms with Crippen LogP contribution in [-0.4, -0.2) is 52.3 Å². The summed E-state index contributed by atoms with van der Waals surface area (Å²) >= 11 is 0. The molecular formula is C18H25N5O2. The molecule has 2 heterocycles. The summed E-state index contributed by atoms with van der Waals surface area (Å²) in [5.41, 5.74) is 1.52. The van der Waals surface area contributed by atoms with E-state index in [1.165, 1.54) is 19.3 Å². The molecule has 1 N–H and O–H groups in total. The quantitative estimate of drug-likeness (QED) is 0.871. The number of benzene rings is 1. The van der Waals surface area contributed by atoms with Crippen molar-refractivity contribution in [3.63, 3.8) is 0 Å². The molecule has 1 saturated heterocycles. The van der Waals surface area contributed by atoms with Crippen LogP contribution in [0.3, 0.4) is 0 Å². The van der Waals surface area contributed by atoms with Gasteiger partial charge in [0.1, 0.15) is 18.4 Å². The number of nitrogens with one attached hydrogen (secondary N) is 1. The zero-order valence-electron chi connectivity index (χ0n) is 14.8. The minimum atomic E-state index is -0.0821. The van der Waals surface area contributed by atoms with E-state index in [0.29, 0.717) is 11.4 Å². The van der Waals surface area contributed by atoms with Crippen LogP contribution in [-0.2, 0) is 4.79 Å². The topological polar surface area (TPSA) is 72.3 Å². The number of carbonyl (C=O) groups excluding carboxylic acids is 1. The van der Waals surface area contributed by atoms with Crippen molar-refractivity contribution in [2.75, 3.05) is 32.1 Å². The summed E-state index contributed by atoms with van der Waals surface area (Å²) in [4.78, 5) is 15.0. The van der Waals surface area contributed by atoms with Gasteiger partial charge in [-0.15, -0.1) is 10.2 Å². The maximum Gasteiger partial charge on any atom is 0.228 e. The lowest BCUT2D eigenvalue weighted by Gasteiger charge is -2.28. The van der Waals surface area contributed by atoms with E-state index >= 15 is 0 Å². The molecule has 0 radical (unpaired) electrons. The average Bonchev–Trinajstić information content (AvgIpc) is 3.17. The van der Waals surface area contributed by atoms with E-state index in [4.69, 9.17) is 4.74 Å². The maximum atomic E-state index is 12.6. The highest BCUT2D eigenvalue weighted by molar-refractivity contribution is 5.94. The first kappa shape index (κ1) is 17.4. The third-order valence-corrected chi connectivity index (χ3v) is 4.59. The predicted molar refractivity (Wildman–Crippen MR) is 96.0 cm³/mol. The summed E-state index contributed by atoms with van der Waals surface area (Å²) in [5.74, 6) is 0.557. The van der Waals surface area contributed by atoms with Gasteiger partial charge >= 0.3 is 0 Å². The van der Waals surface area contributed by atoms with Gasteiger partial charge in [0.2, 0.25) is 5.91 Å². The van der Waals surface area contributed by atoms with Gasteiger partial charge in [0.25, 0.3) is 0 Å². The highest BCUT2D eigenvalue weighted by Crippen LogP contribution is 2.27. The smallest absolute Gasteiger partial charge is 0.228 e. The molecule has 7 nitrogen and oxygen atoms in total. The van der Waals surface area contributed by atoms with Crippen molar-refractivity contribution in [1.82, 2.24) is 19.7 Å². The first-order valence-electron chi connectivity index (χ1n) is 8.73. The van der Waals surface area contributed by atoms with Gasteiger partial charge in [-0.3, -0.25) is 9.36 Å². The summed E-state index contributed by atoms with van der Waals surface area (Å²) in [5, 5.41) is 10.6. The summed E-state index contributed by atoms with van der Waals surface area (Å²) in [6, 6.07) is 5.60. The normalized spacial score (nSPS) is 16.4. The van der Waals surface area contributed by atoms with Crippen molar-refractivity contribution in [3.8, 4) is 11.4 Å². The Bertz CT molecular complexity index is 695. The fourth-order valence-corrected chi connectivity index (χ4v) is 3.16. The molecule has 1 aromatic carbocycles. The van der Waals surface area contributed by atoms with Crippen LogP contribution in [0.1, 0.15) is 26.2 Å². The number of ether oxygens (including phenoxy) is 1. The standard InChI is InChI=1S/C18H25N5O2/c1-14(11-22-8-4-3-5-9-22)18(24)21-16-10-15(6-7-17(16)25-2)23-12-19-20-13-23/h6-7,10,12-14H,3-5,8-9,11H2,1-2H3,(H,21,24). The van der Waals surface area contributed by atoms with Crippen LogP contribution in [0.25, 0.3) is 5.69 Å². The van der Waals surface area contributed by atoms with E-state index in [1.807, 2.05) is 25.1 Å². The van der Waals surface area contributed by atoms with Crippen LogP contribution in [0, 0.1) is 5.92 Å². The Morgan fingerprint density at radius 3 is 2.64 bits per heavy atom. The molecule has 1 aliphatic heterocycles. The Labute approximate surface area is 148 Å². The lowest BCUT2D eigenvalue weighted by atomic mass is 10.1. The van der Waals surface area contributed by atoms with Crippen molar-refractivity contribution in [2.24, 2.45) is 5.92 Å². The molecular weight excluding hydrogens is 318 g/mol. The van der Waals surface area contributed by atoms with Crippen LogP contribution >= 0.6 is 0 Å². The minimum absolute atomic E-state index is 0.00443. The molecule has 3 rings (SSSR count). The fraction of sp³-hybridized carbons (Fsp3) is 0.500. The van der Waals surface area contributed by atoms with E-state index < -0.39 is 0 Å². The second kappa shape index (κ2) is 8.11. The lowest BCUT2D eigenvalue weighted by molar-refractivity contribution is -0.120. The number of rotatable bonds is 6. The lowest BCUT2D eigenvalue weighted by Crippen LogP contribution is -2.37. The third-order valence-electron chi connectivity index (χ3n) is 4.59. The summed E-state index contributed by atoms with van der Waals surface area (Å²) < 4.78 is 7.17. The minimum Gasteiger partial charge on any atom is -0.495 e. The van der Waals surface area contributed by atoms with Gasteiger partial charge in [0.15, 0.2) is 0 Å². The number of amides is 1. The van der Waals surface area contributed by atoms with Crippen molar-refractivity contribution >= 4 is 11.6 Å². The Balaban J connectivity index is 1.69. The largest absolute Gasteiger partial charge is 0.495 e. The Morgan fingerprint density at radius 1 is 1.24 bits per heavy atom. The van der Waals surface area contributed by atoms with Gasteiger partial charge in [-0.05, 0) is 44.1 Å². The van der Waals surface area contributed by atoms with Crippen molar-refractivity contribution in [2.45, 2.75) is 26.2 Å². The molecule has 25 heavy (non-hydrogen) atoms. The van der Waals surface area contributed by atoms with Crippen LogP contribution in [0.5, 0.6) is 5.75 Å². The summed E-state index contributed by atoms with van der Waals surface area (Å²) in [6.07, 6.45) is 6.98. The van der Waals surface area contributed by atoms with Gasteiger partial charge in [-0.2, -0.15) is 0 Å². The molecule has 1 unspecified atom stereocenters. The van der Waals surface area contributed by atoms with E-state index in [-0.39, 0.29) is 11.8 Å². The summed E-state index contributed by atoms with van der Waals surface area (Å²) in [7, 11) is 1.60. The second-order valence-electron chi connectivity index (χ2n) is 6.51. The molecule has 134 valence electrons. The average molecular weight is 343 g/mol. The van der Waals surface area contributed by atoms with Gasteiger partial charge in [-0.25, -0.2) is 0 Å². The Kier molecular flexibility index (Phi) is 5.65. The van der Waals surface area contributed by atoms with Gasteiger partial charge in [-0.1, -0.05) is 13.3 Å². The molecule has 0 aliphatic carbocycles. The first-order valence-corrected chi connectivity index (χ1v) is 8.73. The highest BCUT2D eigenvalue weighted by atomic mass is 16.5. The summed E-state index contributed by atoms with van der Waals surface area (Å²) in [6.45, 7) is 4.94. The SMILES string of the molecule is COc1ccc(-n2cnnc2)cc1NC(=O)C(C)CN1CCCCC1. The van der Waals surface area contributed by atoms with Crippen LogP contribution < -0.4 is 10.1 Å². The molecule has 1 amide bonds. The fourth-order valence-electron chi connectivity index (χ4n) is 3.16. The number of hydrogen-bond donors (Lipinski definition) is 1. The number of anilines is 1. The highest BCUT2D eigenvalue weighted by Gasteiger charge is 2.20. The molecule has 1 atom stereocenters. The number of aromatic nitrogens is 3. The second-order valence-corrected chi connectivity index (χ2v) is 6.51. The third kappa shape index (κ3) is 4.36. The van der Waals surface area contributed by atoms with Crippen LogP contribution in [0.4, 0.5) is 5.69 Å².